The van der Waals surface area contributed by atoms with Gasteiger partial charge in [-0.3, -0.25) is 0 Å². The van der Waals surface area contributed by atoms with Gasteiger partial charge in [-0.2, -0.15) is 0 Å². The summed E-state index contributed by atoms with van der Waals surface area (Å²) in [5.74, 6) is -1.95. The summed E-state index contributed by atoms with van der Waals surface area (Å²) in [5, 5.41) is 17.5. The van der Waals surface area contributed by atoms with Crippen LogP contribution < -0.4 is 0 Å². The minimum atomic E-state index is -0.997. The molecule has 0 aliphatic rings. The zero-order chi connectivity index (χ0) is 14.5. The average Bonchev–Trinajstić information content (AvgIpc) is 2.84. The molecule has 102 valence electrons. The number of hydrogen-bond donors (Lipinski definition) is 2. The molecule has 0 aliphatic carbocycles. The highest BCUT2D eigenvalue weighted by atomic mass is 16.4. The van der Waals surface area contributed by atoms with Crippen molar-refractivity contribution in [1.29, 1.82) is 0 Å². The summed E-state index contributed by atoms with van der Waals surface area (Å²) in [6.45, 7) is 0.548. The summed E-state index contributed by atoms with van der Waals surface area (Å²) in [7, 11) is 0. The first kappa shape index (κ1) is 13.6. The van der Waals surface area contributed by atoms with Crippen LogP contribution in [0.1, 0.15) is 21.6 Å². The SMILES string of the molecule is O=C(O)/C=C/c1cccn1Cc1ccc(C(=O)O)cc1. The minimum Gasteiger partial charge on any atom is -0.478 e. The van der Waals surface area contributed by atoms with E-state index in [1.807, 2.05) is 22.9 Å². The van der Waals surface area contributed by atoms with Crippen LogP contribution in [-0.2, 0) is 11.3 Å². The summed E-state index contributed by atoms with van der Waals surface area (Å²) in [6.07, 6.45) is 4.44. The maximum Gasteiger partial charge on any atom is 0.335 e. The largest absolute Gasteiger partial charge is 0.478 e. The van der Waals surface area contributed by atoms with Crippen LogP contribution >= 0.6 is 0 Å². The zero-order valence-corrected chi connectivity index (χ0v) is 10.6. The number of hydrogen-bond acceptors (Lipinski definition) is 2. The van der Waals surface area contributed by atoms with Crippen molar-refractivity contribution in [3.05, 3.63) is 65.5 Å². The molecule has 0 amide bonds. The summed E-state index contributed by atoms with van der Waals surface area (Å²) in [6, 6.07) is 10.2. The molecule has 0 aliphatic heterocycles. The fraction of sp³-hybridized carbons (Fsp3) is 0.0667. The molecular weight excluding hydrogens is 258 g/mol. The molecule has 0 spiro atoms. The van der Waals surface area contributed by atoms with Gasteiger partial charge in [-0.15, -0.1) is 0 Å². The average molecular weight is 271 g/mol. The lowest BCUT2D eigenvalue weighted by Gasteiger charge is -2.07. The molecule has 0 fully saturated rings. The number of carboxylic acid groups (broad SMARTS) is 2. The molecule has 0 atom stereocenters. The quantitative estimate of drug-likeness (QED) is 0.818. The van der Waals surface area contributed by atoms with Crippen LogP contribution in [0.3, 0.4) is 0 Å². The van der Waals surface area contributed by atoms with E-state index in [1.54, 1.807) is 24.3 Å². The van der Waals surface area contributed by atoms with Crippen LogP contribution in [0.2, 0.25) is 0 Å². The summed E-state index contributed by atoms with van der Waals surface area (Å²) in [4.78, 5) is 21.3. The standard InChI is InChI=1S/C15H13NO4/c17-14(18)8-7-13-2-1-9-16(13)10-11-3-5-12(6-4-11)15(19)20/h1-9H,10H2,(H,17,18)(H,19,20)/b8-7+. The molecule has 1 aromatic heterocycles. The van der Waals surface area contributed by atoms with E-state index in [9.17, 15) is 9.59 Å². The predicted octanol–water partition coefficient (Wildman–Crippen LogP) is 2.33. The summed E-state index contributed by atoms with van der Waals surface area (Å²) >= 11 is 0. The number of benzene rings is 1. The maximum absolute atomic E-state index is 10.8. The van der Waals surface area contributed by atoms with Gasteiger partial charge in [0.2, 0.25) is 0 Å². The molecule has 0 saturated carbocycles. The van der Waals surface area contributed by atoms with Crippen LogP contribution in [0.5, 0.6) is 0 Å². The first-order valence-corrected chi connectivity index (χ1v) is 5.94. The van der Waals surface area contributed by atoms with E-state index in [2.05, 4.69) is 0 Å². The van der Waals surface area contributed by atoms with Crippen LogP contribution in [0.4, 0.5) is 0 Å². The van der Waals surface area contributed by atoms with Crippen LogP contribution in [0.25, 0.3) is 6.08 Å². The van der Waals surface area contributed by atoms with E-state index in [-0.39, 0.29) is 5.56 Å². The van der Waals surface area contributed by atoms with Crippen molar-refractivity contribution in [2.45, 2.75) is 6.54 Å². The second-order valence-corrected chi connectivity index (χ2v) is 4.23. The summed E-state index contributed by atoms with van der Waals surface area (Å²) < 4.78 is 1.88. The third-order valence-corrected chi connectivity index (χ3v) is 2.82. The molecule has 1 aromatic carbocycles. The van der Waals surface area contributed by atoms with E-state index < -0.39 is 11.9 Å². The number of aliphatic carboxylic acids is 1. The fourth-order valence-corrected chi connectivity index (χ4v) is 1.83. The Bertz CT molecular complexity index is 653. The Balaban J connectivity index is 2.16. The molecule has 0 radical (unpaired) electrons. The summed E-state index contributed by atoms with van der Waals surface area (Å²) in [5.41, 5.74) is 1.96. The van der Waals surface area contributed by atoms with Crippen molar-refractivity contribution >= 4 is 18.0 Å². The number of carboxylic acids is 2. The Morgan fingerprint density at radius 2 is 1.80 bits per heavy atom. The van der Waals surface area contributed by atoms with Crippen molar-refractivity contribution in [1.82, 2.24) is 4.57 Å². The second kappa shape index (κ2) is 5.88. The molecule has 2 N–H and O–H groups in total. The molecule has 20 heavy (non-hydrogen) atoms. The Labute approximate surface area is 115 Å². The smallest absolute Gasteiger partial charge is 0.335 e. The third kappa shape index (κ3) is 3.35. The third-order valence-electron chi connectivity index (χ3n) is 2.82. The van der Waals surface area contributed by atoms with Crippen molar-refractivity contribution in [2.75, 3.05) is 0 Å². The lowest BCUT2D eigenvalue weighted by Crippen LogP contribution is -2.02. The first-order valence-electron chi connectivity index (χ1n) is 5.94. The minimum absolute atomic E-state index is 0.243. The Hall–Kier alpha value is -2.82. The van der Waals surface area contributed by atoms with Crippen molar-refractivity contribution in [2.24, 2.45) is 0 Å². The van der Waals surface area contributed by atoms with Crippen LogP contribution in [0.15, 0.2) is 48.7 Å². The monoisotopic (exact) mass is 271 g/mol. The van der Waals surface area contributed by atoms with Gasteiger partial charge in [0.25, 0.3) is 0 Å². The Morgan fingerprint density at radius 1 is 1.10 bits per heavy atom. The molecular formula is C15H13NO4. The van der Waals surface area contributed by atoms with Crippen molar-refractivity contribution in [3.8, 4) is 0 Å². The number of carbonyl (C=O) groups is 2. The zero-order valence-electron chi connectivity index (χ0n) is 10.6. The highest BCUT2D eigenvalue weighted by Crippen LogP contribution is 2.11. The number of rotatable bonds is 5. The normalized spacial score (nSPS) is 10.8. The van der Waals surface area contributed by atoms with Crippen molar-refractivity contribution < 1.29 is 19.8 Å². The lowest BCUT2D eigenvalue weighted by molar-refractivity contribution is -0.131. The van der Waals surface area contributed by atoms with E-state index >= 15 is 0 Å². The molecule has 0 unspecified atom stereocenters. The molecule has 1 heterocycles. The molecule has 5 heteroatoms. The number of aromatic carboxylic acids is 1. The number of nitrogens with zero attached hydrogens (tertiary/aromatic N) is 1. The van der Waals surface area contributed by atoms with Gasteiger partial charge >= 0.3 is 11.9 Å². The van der Waals surface area contributed by atoms with Gasteiger partial charge < -0.3 is 14.8 Å². The van der Waals surface area contributed by atoms with Gasteiger partial charge in [-0.25, -0.2) is 9.59 Å². The van der Waals surface area contributed by atoms with E-state index in [1.165, 1.54) is 6.08 Å². The highest BCUT2D eigenvalue weighted by molar-refractivity contribution is 5.87. The molecule has 2 aromatic rings. The van der Waals surface area contributed by atoms with Crippen LogP contribution in [-0.4, -0.2) is 26.7 Å². The highest BCUT2D eigenvalue weighted by Gasteiger charge is 2.03. The van der Waals surface area contributed by atoms with E-state index in [0.29, 0.717) is 6.54 Å². The second-order valence-electron chi connectivity index (χ2n) is 4.23. The first-order chi connectivity index (χ1) is 9.56. The maximum atomic E-state index is 10.8. The van der Waals surface area contributed by atoms with Crippen LogP contribution in [0, 0.1) is 0 Å². The number of aromatic nitrogens is 1. The van der Waals surface area contributed by atoms with Gasteiger partial charge in [-0.1, -0.05) is 12.1 Å². The molecule has 5 nitrogen and oxygen atoms in total. The van der Waals surface area contributed by atoms with Gasteiger partial charge in [0.15, 0.2) is 0 Å². The van der Waals surface area contributed by atoms with Gasteiger partial charge in [-0.05, 0) is 35.9 Å². The van der Waals surface area contributed by atoms with Gasteiger partial charge in [0, 0.05) is 24.5 Å². The topological polar surface area (TPSA) is 79.5 Å². The molecule has 2 rings (SSSR count). The Morgan fingerprint density at radius 3 is 2.40 bits per heavy atom. The molecule has 0 bridgehead atoms. The van der Waals surface area contributed by atoms with Crippen molar-refractivity contribution in [3.63, 3.8) is 0 Å². The fourth-order valence-electron chi connectivity index (χ4n) is 1.83. The van der Waals surface area contributed by atoms with E-state index in [0.717, 1.165) is 17.3 Å². The molecule has 0 saturated heterocycles. The predicted molar refractivity (Wildman–Crippen MR) is 73.6 cm³/mol. The van der Waals surface area contributed by atoms with E-state index in [4.69, 9.17) is 10.2 Å². The van der Waals surface area contributed by atoms with Gasteiger partial charge in [0.1, 0.15) is 0 Å². The Kier molecular flexibility index (Phi) is 4.00. The van der Waals surface area contributed by atoms with Gasteiger partial charge in [0.05, 0.1) is 5.56 Å². The lowest BCUT2D eigenvalue weighted by atomic mass is 10.1.